The molecule has 1 aliphatic heterocycles. The molecule has 1 fully saturated rings. The van der Waals surface area contributed by atoms with Crippen molar-refractivity contribution in [2.24, 2.45) is 0 Å². The normalized spacial score (nSPS) is 19.8. The topological polar surface area (TPSA) is 64.8 Å². The summed E-state index contributed by atoms with van der Waals surface area (Å²) >= 11 is 3.29. The lowest BCUT2D eigenvalue weighted by Gasteiger charge is -2.31. The summed E-state index contributed by atoms with van der Waals surface area (Å²) < 4.78 is 11.6. The van der Waals surface area contributed by atoms with E-state index in [0.717, 1.165) is 24.1 Å². The summed E-state index contributed by atoms with van der Waals surface area (Å²) in [4.78, 5) is 14.2. The van der Waals surface area contributed by atoms with Crippen LogP contribution in [-0.4, -0.2) is 49.8 Å². The molecule has 1 aliphatic rings. The maximum absolute atomic E-state index is 11.9. The van der Waals surface area contributed by atoms with E-state index < -0.39 is 0 Å². The zero-order chi connectivity index (χ0) is 14.5. The lowest BCUT2D eigenvalue weighted by Crippen LogP contribution is -2.44. The number of nitrogens with zero attached hydrogens (tertiary/aromatic N) is 1. The first-order valence-electron chi connectivity index (χ1n) is 6.66. The lowest BCUT2D eigenvalue weighted by atomic mass is 10.2. The van der Waals surface area contributed by atoms with Gasteiger partial charge in [0.1, 0.15) is 12.7 Å². The highest BCUT2D eigenvalue weighted by Gasteiger charge is 2.21. The summed E-state index contributed by atoms with van der Waals surface area (Å²) in [5.74, 6) is -0.374. The molecular formula is C14H19BrN2O3. The molecule has 0 spiro atoms. The molecule has 2 rings (SSSR count). The number of carbonyl (C=O) groups excluding carboxylic acids is 1. The van der Waals surface area contributed by atoms with Crippen molar-refractivity contribution in [3.63, 3.8) is 0 Å². The molecule has 0 radical (unpaired) electrons. The second-order valence-corrected chi connectivity index (χ2v) is 5.58. The van der Waals surface area contributed by atoms with Crippen molar-refractivity contribution in [3.8, 4) is 0 Å². The molecule has 6 heteroatoms. The van der Waals surface area contributed by atoms with Crippen molar-refractivity contribution in [1.29, 1.82) is 0 Å². The second kappa shape index (κ2) is 7.06. The van der Waals surface area contributed by atoms with Gasteiger partial charge in [0.25, 0.3) is 0 Å². The first-order valence-corrected chi connectivity index (χ1v) is 7.45. The van der Waals surface area contributed by atoms with E-state index >= 15 is 0 Å². The van der Waals surface area contributed by atoms with Crippen molar-refractivity contribution in [2.75, 3.05) is 38.6 Å². The molecule has 2 N–H and O–H groups in total. The number of hydrogen-bond donors (Lipinski definition) is 1. The van der Waals surface area contributed by atoms with Gasteiger partial charge in [-0.3, -0.25) is 4.90 Å². The average molecular weight is 343 g/mol. The fraction of sp³-hybridized carbons (Fsp3) is 0.500. The molecule has 0 aliphatic carbocycles. The Morgan fingerprint density at radius 3 is 3.10 bits per heavy atom. The van der Waals surface area contributed by atoms with Gasteiger partial charge in [0.2, 0.25) is 0 Å². The minimum absolute atomic E-state index is 0.0551. The number of hydrogen-bond acceptors (Lipinski definition) is 5. The van der Waals surface area contributed by atoms with Gasteiger partial charge in [0.05, 0.1) is 12.2 Å². The van der Waals surface area contributed by atoms with E-state index in [1.807, 2.05) is 0 Å². The van der Waals surface area contributed by atoms with Gasteiger partial charge in [-0.1, -0.05) is 6.92 Å². The number of carbonyl (C=O) groups is 1. The minimum atomic E-state index is -0.374. The largest absolute Gasteiger partial charge is 0.459 e. The monoisotopic (exact) mass is 342 g/mol. The predicted molar refractivity (Wildman–Crippen MR) is 80.7 cm³/mol. The number of morpholine rings is 1. The fourth-order valence-electron chi connectivity index (χ4n) is 2.09. The summed E-state index contributed by atoms with van der Waals surface area (Å²) in [7, 11) is 0. The number of nitrogen functional groups attached to an aromatic ring is 1. The van der Waals surface area contributed by atoms with E-state index in [1.165, 1.54) is 0 Å². The van der Waals surface area contributed by atoms with Gasteiger partial charge in [0, 0.05) is 23.2 Å². The van der Waals surface area contributed by atoms with Crippen LogP contribution >= 0.6 is 15.9 Å². The number of ether oxygens (including phenoxy) is 2. The van der Waals surface area contributed by atoms with Crippen LogP contribution in [0.25, 0.3) is 0 Å². The fourth-order valence-corrected chi connectivity index (χ4v) is 2.34. The number of nitrogens with two attached hydrogens (primary N) is 1. The van der Waals surface area contributed by atoms with Crippen LogP contribution in [0.3, 0.4) is 0 Å². The highest BCUT2D eigenvalue weighted by molar-refractivity contribution is 9.10. The standard InChI is InChI=1S/C14H19BrN2O3/c1-2-17-5-6-19-11(8-17)9-20-14(18)10-3-4-12(15)13(16)7-10/h3-4,7,11H,2,5-6,8-9,16H2,1H3. The third-order valence-corrected chi connectivity index (χ3v) is 4.02. The molecule has 1 atom stereocenters. The van der Waals surface area contributed by atoms with Gasteiger partial charge >= 0.3 is 5.97 Å². The van der Waals surface area contributed by atoms with Crippen molar-refractivity contribution in [2.45, 2.75) is 13.0 Å². The minimum Gasteiger partial charge on any atom is -0.459 e. The SMILES string of the molecule is CCN1CCOC(COC(=O)c2ccc(Br)c(N)c2)C1. The van der Waals surface area contributed by atoms with E-state index in [0.29, 0.717) is 17.9 Å². The Morgan fingerprint density at radius 1 is 1.60 bits per heavy atom. The van der Waals surface area contributed by atoms with Crippen molar-refractivity contribution in [1.82, 2.24) is 4.90 Å². The van der Waals surface area contributed by atoms with Crippen LogP contribution in [0.2, 0.25) is 0 Å². The molecule has 1 unspecified atom stereocenters. The Hall–Kier alpha value is -1.11. The van der Waals surface area contributed by atoms with Gasteiger partial charge in [0.15, 0.2) is 0 Å². The van der Waals surface area contributed by atoms with Gasteiger partial charge in [-0.25, -0.2) is 4.79 Å². The lowest BCUT2D eigenvalue weighted by molar-refractivity contribution is -0.0578. The number of anilines is 1. The van der Waals surface area contributed by atoms with Crippen molar-refractivity contribution >= 4 is 27.6 Å². The number of esters is 1. The van der Waals surface area contributed by atoms with Crippen molar-refractivity contribution in [3.05, 3.63) is 28.2 Å². The van der Waals surface area contributed by atoms with Crippen molar-refractivity contribution < 1.29 is 14.3 Å². The first-order chi connectivity index (χ1) is 9.60. The quantitative estimate of drug-likeness (QED) is 0.668. The van der Waals surface area contributed by atoms with Crippen LogP contribution in [0.1, 0.15) is 17.3 Å². The maximum Gasteiger partial charge on any atom is 0.338 e. The van der Waals surface area contributed by atoms with Crippen LogP contribution in [-0.2, 0) is 9.47 Å². The predicted octanol–water partition coefficient (Wildman–Crippen LogP) is 1.91. The third-order valence-electron chi connectivity index (χ3n) is 3.30. The molecule has 0 aromatic heterocycles. The van der Waals surface area contributed by atoms with Gasteiger partial charge in [-0.2, -0.15) is 0 Å². The summed E-state index contributed by atoms with van der Waals surface area (Å²) in [5, 5.41) is 0. The summed E-state index contributed by atoms with van der Waals surface area (Å²) in [6.07, 6.45) is -0.0551. The van der Waals surface area contributed by atoms with Crippen LogP contribution in [0, 0.1) is 0 Å². The molecule has 5 nitrogen and oxygen atoms in total. The van der Waals surface area contributed by atoms with Gasteiger partial charge in [-0.15, -0.1) is 0 Å². The van der Waals surface area contributed by atoms with Gasteiger partial charge < -0.3 is 15.2 Å². The summed E-state index contributed by atoms with van der Waals surface area (Å²) in [5.41, 5.74) is 6.72. The zero-order valence-electron chi connectivity index (χ0n) is 11.5. The molecule has 110 valence electrons. The first kappa shape index (κ1) is 15.3. The summed E-state index contributed by atoms with van der Waals surface area (Å²) in [6, 6.07) is 5.02. The Kier molecular flexibility index (Phi) is 5.39. The molecule has 1 saturated heterocycles. The van der Waals surface area contributed by atoms with Gasteiger partial charge in [-0.05, 0) is 40.7 Å². The summed E-state index contributed by atoms with van der Waals surface area (Å²) in [6.45, 7) is 5.78. The molecule has 1 heterocycles. The molecule has 0 saturated carbocycles. The maximum atomic E-state index is 11.9. The van der Waals surface area contributed by atoms with E-state index in [2.05, 4.69) is 27.8 Å². The third kappa shape index (κ3) is 3.94. The smallest absolute Gasteiger partial charge is 0.338 e. The Labute approximate surface area is 127 Å². The number of benzene rings is 1. The molecule has 1 aromatic carbocycles. The highest BCUT2D eigenvalue weighted by atomic mass is 79.9. The number of likely N-dealkylation sites (N-methyl/N-ethyl adjacent to an activating group) is 1. The van der Waals surface area contributed by atoms with Crippen LogP contribution in [0.4, 0.5) is 5.69 Å². The molecule has 0 bridgehead atoms. The van der Waals surface area contributed by atoms with E-state index in [9.17, 15) is 4.79 Å². The Bertz CT molecular complexity index is 481. The molecule has 20 heavy (non-hydrogen) atoms. The number of rotatable bonds is 4. The zero-order valence-corrected chi connectivity index (χ0v) is 13.1. The van der Waals surface area contributed by atoms with E-state index in [-0.39, 0.29) is 18.7 Å². The van der Waals surface area contributed by atoms with E-state index in [4.69, 9.17) is 15.2 Å². The average Bonchev–Trinajstić information content (AvgIpc) is 2.47. The Balaban J connectivity index is 1.87. The molecular weight excluding hydrogens is 324 g/mol. The molecule has 1 aromatic rings. The van der Waals surface area contributed by atoms with Crippen LogP contribution < -0.4 is 5.73 Å². The molecule has 0 amide bonds. The van der Waals surface area contributed by atoms with Crippen LogP contribution in [0.5, 0.6) is 0 Å². The highest BCUT2D eigenvalue weighted by Crippen LogP contribution is 2.20. The number of halogens is 1. The van der Waals surface area contributed by atoms with Crippen LogP contribution in [0.15, 0.2) is 22.7 Å². The Morgan fingerprint density at radius 2 is 2.40 bits per heavy atom. The van der Waals surface area contributed by atoms with E-state index in [1.54, 1.807) is 18.2 Å². The second-order valence-electron chi connectivity index (χ2n) is 4.72.